The number of benzene rings is 1. The number of nitrogens with one attached hydrogen (secondary N) is 1. The molecule has 1 rings (SSSR count). The highest BCUT2D eigenvalue weighted by Crippen LogP contribution is 2.18. The van der Waals surface area contributed by atoms with Crippen LogP contribution in [0.2, 0.25) is 5.02 Å². The van der Waals surface area contributed by atoms with Gasteiger partial charge in [0.2, 0.25) is 4.17 Å². The zero-order valence-corrected chi connectivity index (χ0v) is 9.83. The molecule has 0 aliphatic heterocycles. The molecule has 1 aromatic carbocycles. The molecule has 78 valence electrons. The van der Waals surface area contributed by atoms with Crippen molar-refractivity contribution in [3.8, 4) is 0 Å². The Morgan fingerprint density at radius 2 is 1.64 bits per heavy atom. The quantitative estimate of drug-likeness (QED) is 0.862. The van der Waals surface area contributed by atoms with Crippen molar-refractivity contribution >= 4 is 50.5 Å². The molecule has 7 heteroatoms. The number of hydrogen-bond donors (Lipinski definition) is 1. The highest BCUT2D eigenvalue weighted by Gasteiger charge is 2.19. The maximum atomic E-state index is 11.2. The molecule has 14 heavy (non-hydrogen) atoms. The molecule has 0 saturated carbocycles. The van der Waals surface area contributed by atoms with Gasteiger partial charge in [-0.1, -0.05) is 34.8 Å². The summed E-state index contributed by atoms with van der Waals surface area (Å²) in [6.07, 6.45) is 0. The summed E-state index contributed by atoms with van der Waals surface area (Å²) in [4.78, 5) is 0. The summed E-state index contributed by atoms with van der Waals surface area (Å²) in [7, 11) is -3.73. The molecule has 0 amide bonds. The summed E-state index contributed by atoms with van der Waals surface area (Å²) >= 11 is 16.1. The second kappa shape index (κ2) is 4.57. The van der Waals surface area contributed by atoms with Gasteiger partial charge < -0.3 is 0 Å². The van der Waals surface area contributed by atoms with E-state index in [4.69, 9.17) is 34.8 Å². The predicted molar refractivity (Wildman–Crippen MR) is 59.5 cm³/mol. The molecule has 0 heterocycles. The van der Waals surface area contributed by atoms with Gasteiger partial charge in [-0.05, 0) is 24.3 Å². The Labute approximate surface area is 97.0 Å². The van der Waals surface area contributed by atoms with Gasteiger partial charge in [-0.15, -0.1) is 0 Å². The largest absolute Gasteiger partial charge is 0.281 e. The van der Waals surface area contributed by atoms with Crippen molar-refractivity contribution in [1.29, 1.82) is 0 Å². The fraction of sp³-hybridized carbons (Fsp3) is 0.143. The van der Waals surface area contributed by atoms with Gasteiger partial charge in [0, 0.05) is 10.7 Å². The van der Waals surface area contributed by atoms with Crippen LogP contribution in [0, 0.1) is 0 Å². The molecule has 0 aliphatic rings. The number of sulfonamides is 1. The summed E-state index contributed by atoms with van der Waals surface area (Å²) in [5.74, 6) is 0. The molecule has 1 aromatic rings. The van der Waals surface area contributed by atoms with Crippen LogP contribution in [0.5, 0.6) is 0 Å². The predicted octanol–water partition coefficient (Wildman–Crippen LogP) is 2.84. The topological polar surface area (TPSA) is 46.2 Å². The van der Waals surface area contributed by atoms with Gasteiger partial charge in [0.25, 0.3) is 10.0 Å². The van der Waals surface area contributed by atoms with Crippen molar-refractivity contribution in [1.82, 2.24) is 0 Å². The lowest BCUT2D eigenvalue weighted by molar-refractivity contribution is 0.603. The Morgan fingerprint density at radius 1 is 1.14 bits per heavy atom. The van der Waals surface area contributed by atoms with E-state index in [0.717, 1.165) is 0 Å². The normalized spacial score (nSPS) is 11.7. The van der Waals surface area contributed by atoms with Crippen LogP contribution in [0.25, 0.3) is 0 Å². The van der Waals surface area contributed by atoms with E-state index in [0.29, 0.717) is 10.7 Å². The zero-order chi connectivity index (χ0) is 10.8. The van der Waals surface area contributed by atoms with Crippen LogP contribution in [0.15, 0.2) is 24.3 Å². The standard InChI is InChI=1S/C7H6Cl3NO2S/c8-5-1-3-6(4-2-5)11-14(12,13)7(9)10/h1-4,7,11H. The summed E-state index contributed by atoms with van der Waals surface area (Å²) in [5.41, 5.74) is 0.362. The average Bonchev–Trinajstić information content (AvgIpc) is 2.08. The molecular weight excluding hydrogens is 269 g/mol. The number of alkyl halides is 2. The molecule has 0 bridgehead atoms. The van der Waals surface area contributed by atoms with Crippen molar-refractivity contribution in [2.45, 2.75) is 4.17 Å². The van der Waals surface area contributed by atoms with Gasteiger partial charge >= 0.3 is 0 Å². The SMILES string of the molecule is O=S(=O)(Nc1ccc(Cl)cc1)C(Cl)Cl. The third-order valence-corrected chi connectivity index (χ3v) is 3.99. The van der Waals surface area contributed by atoms with Crippen LogP contribution in [0.1, 0.15) is 0 Å². The molecule has 0 fully saturated rings. The molecule has 1 N–H and O–H groups in total. The fourth-order valence-corrected chi connectivity index (χ4v) is 1.67. The lowest BCUT2D eigenvalue weighted by Crippen LogP contribution is -2.18. The summed E-state index contributed by atoms with van der Waals surface area (Å²) in [5, 5.41) is 0.515. The number of halogens is 3. The van der Waals surface area contributed by atoms with Crippen molar-refractivity contribution in [2.75, 3.05) is 4.72 Å². The molecule has 0 saturated heterocycles. The molecule has 3 nitrogen and oxygen atoms in total. The minimum Gasteiger partial charge on any atom is -0.281 e. The minimum atomic E-state index is -3.73. The fourth-order valence-electron chi connectivity index (χ4n) is 0.727. The van der Waals surface area contributed by atoms with E-state index in [1.807, 2.05) is 0 Å². The maximum absolute atomic E-state index is 11.2. The lowest BCUT2D eigenvalue weighted by Gasteiger charge is -2.07. The van der Waals surface area contributed by atoms with Crippen LogP contribution in [-0.4, -0.2) is 12.6 Å². The molecule has 0 radical (unpaired) electrons. The smallest absolute Gasteiger partial charge is 0.264 e. The molecule has 0 atom stereocenters. The third-order valence-electron chi connectivity index (χ3n) is 1.34. The first-order valence-electron chi connectivity index (χ1n) is 3.47. The van der Waals surface area contributed by atoms with Crippen molar-refractivity contribution in [2.24, 2.45) is 0 Å². The second-order valence-corrected chi connectivity index (χ2v) is 6.23. The highest BCUT2D eigenvalue weighted by molar-refractivity contribution is 7.95. The Hall–Kier alpha value is -0.160. The monoisotopic (exact) mass is 273 g/mol. The molecule has 0 aliphatic carbocycles. The van der Waals surface area contributed by atoms with E-state index in [9.17, 15) is 8.42 Å². The van der Waals surface area contributed by atoms with Crippen molar-refractivity contribution in [3.05, 3.63) is 29.3 Å². The van der Waals surface area contributed by atoms with Crippen molar-refractivity contribution < 1.29 is 8.42 Å². The van der Waals surface area contributed by atoms with E-state index in [2.05, 4.69) is 4.72 Å². The third kappa shape index (κ3) is 3.20. The van der Waals surface area contributed by atoms with Gasteiger partial charge in [0.1, 0.15) is 0 Å². The summed E-state index contributed by atoms with van der Waals surface area (Å²) < 4.78 is 23.0. The van der Waals surface area contributed by atoms with E-state index in [1.165, 1.54) is 12.1 Å². The number of rotatable bonds is 3. The molecular formula is C7H6Cl3NO2S. The lowest BCUT2D eigenvalue weighted by atomic mass is 10.3. The Bertz CT molecular complexity index is 401. The number of hydrogen-bond acceptors (Lipinski definition) is 2. The van der Waals surface area contributed by atoms with Crippen LogP contribution in [0.3, 0.4) is 0 Å². The first kappa shape index (κ1) is 11.9. The van der Waals surface area contributed by atoms with Crippen LogP contribution in [0.4, 0.5) is 5.69 Å². The van der Waals surface area contributed by atoms with Gasteiger partial charge in [-0.25, -0.2) is 8.42 Å². The zero-order valence-electron chi connectivity index (χ0n) is 6.75. The molecule has 0 spiro atoms. The van der Waals surface area contributed by atoms with Crippen LogP contribution >= 0.6 is 34.8 Å². The Balaban J connectivity index is 2.85. The van der Waals surface area contributed by atoms with Gasteiger partial charge in [-0.2, -0.15) is 0 Å². The van der Waals surface area contributed by atoms with E-state index >= 15 is 0 Å². The summed E-state index contributed by atoms with van der Waals surface area (Å²) in [6, 6.07) is 6.12. The van der Waals surface area contributed by atoms with Gasteiger partial charge in [0.15, 0.2) is 0 Å². The molecule has 0 aromatic heterocycles. The number of anilines is 1. The Kier molecular flexibility index (Phi) is 3.89. The van der Waals surface area contributed by atoms with E-state index in [1.54, 1.807) is 12.1 Å². The first-order valence-corrected chi connectivity index (χ1v) is 6.27. The van der Waals surface area contributed by atoms with Crippen LogP contribution < -0.4 is 4.72 Å². The first-order chi connectivity index (χ1) is 6.42. The van der Waals surface area contributed by atoms with Crippen LogP contribution in [-0.2, 0) is 10.0 Å². The van der Waals surface area contributed by atoms with E-state index < -0.39 is 14.2 Å². The van der Waals surface area contributed by atoms with Gasteiger partial charge in [-0.3, -0.25) is 4.72 Å². The minimum absolute atomic E-state index is 0.362. The second-order valence-electron chi connectivity index (χ2n) is 2.41. The average molecular weight is 275 g/mol. The highest BCUT2D eigenvalue weighted by atomic mass is 35.5. The van der Waals surface area contributed by atoms with E-state index in [-0.39, 0.29) is 0 Å². The van der Waals surface area contributed by atoms with Gasteiger partial charge in [0.05, 0.1) is 0 Å². The molecule has 0 unspecified atom stereocenters. The Morgan fingerprint density at radius 3 is 2.07 bits per heavy atom. The summed E-state index contributed by atoms with van der Waals surface area (Å²) in [6.45, 7) is 0. The van der Waals surface area contributed by atoms with Crippen molar-refractivity contribution in [3.63, 3.8) is 0 Å². The maximum Gasteiger partial charge on any atom is 0.264 e.